The normalized spacial score (nSPS) is 30.0. The molecule has 1 aromatic heterocycles. The van der Waals surface area contributed by atoms with Gasteiger partial charge >= 0.3 is 0 Å². The third-order valence-corrected chi connectivity index (χ3v) is 3.51. The first-order chi connectivity index (χ1) is 7.66. The number of nitrogens with one attached hydrogen (secondary N) is 2. The molecule has 1 fully saturated rings. The van der Waals surface area contributed by atoms with Crippen molar-refractivity contribution in [2.45, 2.75) is 39.2 Å². The second-order valence-electron chi connectivity index (χ2n) is 4.96. The Kier molecular flexibility index (Phi) is 3.27. The lowest BCUT2D eigenvalue weighted by molar-refractivity contribution is 0.0899. The van der Waals surface area contributed by atoms with E-state index >= 15 is 0 Å². The molecule has 1 aliphatic carbocycles. The highest BCUT2D eigenvalue weighted by Gasteiger charge is 2.26. The van der Waals surface area contributed by atoms with Crippen LogP contribution in [0.3, 0.4) is 0 Å². The molecule has 0 spiro atoms. The first-order valence-corrected chi connectivity index (χ1v) is 5.96. The predicted molar refractivity (Wildman–Crippen MR) is 62.0 cm³/mol. The molecule has 1 aliphatic rings. The molecule has 0 aromatic carbocycles. The number of carbonyl (C=O) groups is 1. The molecule has 1 saturated carbocycles. The summed E-state index contributed by atoms with van der Waals surface area (Å²) < 4.78 is 0. The van der Waals surface area contributed by atoms with Crippen molar-refractivity contribution in [2.24, 2.45) is 11.8 Å². The number of nitrogens with zero attached hydrogens (tertiary/aromatic N) is 1. The Balaban J connectivity index is 1.92. The minimum atomic E-state index is -0.0137. The van der Waals surface area contributed by atoms with Crippen LogP contribution in [0.2, 0.25) is 0 Å². The van der Waals surface area contributed by atoms with Gasteiger partial charge in [-0.05, 0) is 31.1 Å². The van der Waals surface area contributed by atoms with Crippen LogP contribution in [0.5, 0.6) is 0 Å². The molecule has 2 rings (SSSR count). The van der Waals surface area contributed by atoms with Crippen LogP contribution in [0.1, 0.15) is 43.5 Å². The molecule has 2 N–H and O–H groups in total. The van der Waals surface area contributed by atoms with Crippen LogP contribution in [0.15, 0.2) is 12.4 Å². The molecule has 0 aliphatic heterocycles. The first kappa shape index (κ1) is 11.2. The molecule has 0 bridgehead atoms. The molecule has 88 valence electrons. The Labute approximate surface area is 95.8 Å². The number of hydrogen-bond acceptors (Lipinski definition) is 2. The second kappa shape index (κ2) is 4.68. The Hall–Kier alpha value is -1.32. The van der Waals surface area contributed by atoms with E-state index in [-0.39, 0.29) is 5.91 Å². The zero-order valence-electron chi connectivity index (χ0n) is 9.86. The maximum absolute atomic E-state index is 11.8. The van der Waals surface area contributed by atoms with Gasteiger partial charge < -0.3 is 5.32 Å². The second-order valence-corrected chi connectivity index (χ2v) is 4.96. The minimum Gasteiger partial charge on any atom is -0.349 e. The fourth-order valence-corrected chi connectivity index (χ4v) is 2.51. The maximum Gasteiger partial charge on any atom is 0.254 e. The number of hydrogen-bond donors (Lipinski definition) is 2. The van der Waals surface area contributed by atoms with Crippen LogP contribution >= 0.6 is 0 Å². The lowest BCUT2D eigenvalue weighted by atomic mass is 9.80. The quantitative estimate of drug-likeness (QED) is 0.802. The number of carbonyl (C=O) groups excluding carboxylic acids is 1. The molecule has 3 atom stereocenters. The fraction of sp³-hybridized carbons (Fsp3) is 0.667. The first-order valence-electron chi connectivity index (χ1n) is 5.96. The van der Waals surface area contributed by atoms with Gasteiger partial charge in [0.2, 0.25) is 0 Å². The maximum atomic E-state index is 11.8. The van der Waals surface area contributed by atoms with Crippen LogP contribution in [0.25, 0.3) is 0 Å². The van der Waals surface area contributed by atoms with Gasteiger partial charge in [0, 0.05) is 12.2 Å². The molecule has 3 unspecified atom stereocenters. The summed E-state index contributed by atoms with van der Waals surface area (Å²) >= 11 is 0. The van der Waals surface area contributed by atoms with Crippen molar-refractivity contribution in [1.82, 2.24) is 15.5 Å². The lowest BCUT2D eigenvalue weighted by Crippen LogP contribution is -2.42. The van der Waals surface area contributed by atoms with Gasteiger partial charge in [0.1, 0.15) is 0 Å². The average Bonchev–Trinajstić information content (AvgIpc) is 2.75. The molecule has 1 aromatic rings. The Morgan fingerprint density at radius 2 is 2.31 bits per heavy atom. The molecular formula is C12H19N3O. The van der Waals surface area contributed by atoms with Crippen molar-refractivity contribution in [3.63, 3.8) is 0 Å². The molecule has 4 heteroatoms. The van der Waals surface area contributed by atoms with Crippen LogP contribution in [0, 0.1) is 11.8 Å². The summed E-state index contributed by atoms with van der Waals surface area (Å²) in [6.07, 6.45) is 6.69. The monoisotopic (exact) mass is 221 g/mol. The van der Waals surface area contributed by atoms with E-state index < -0.39 is 0 Å². The number of H-pyrrole nitrogens is 1. The molecular weight excluding hydrogens is 202 g/mol. The standard InChI is InChI=1S/C12H19N3O/c1-8-3-4-11(9(2)5-8)15-12(16)10-6-13-14-7-10/h6-9,11H,3-5H2,1-2H3,(H,13,14)(H,15,16). The zero-order valence-corrected chi connectivity index (χ0v) is 9.86. The van der Waals surface area contributed by atoms with E-state index in [4.69, 9.17) is 0 Å². The van der Waals surface area contributed by atoms with E-state index in [1.807, 2.05) is 0 Å². The van der Waals surface area contributed by atoms with Crippen molar-refractivity contribution >= 4 is 5.91 Å². The predicted octanol–water partition coefficient (Wildman–Crippen LogP) is 1.96. The highest BCUT2D eigenvalue weighted by Crippen LogP contribution is 2.28. The summed E-state index contributed by atoms with van der Waals surface area (Å²) in [5.41, 5.74) is 0.617. The third kappa shape index (κ3) is 2.43. The summed E-state index contributed by atoms with van der Waals surface area (Å²) in [6.45, 7) is 4.50. The van der Waals surface area contributed by atoms with Gasteiger partial charge in [-0.25, -0.2) is 0 Å². The summed E-state index contributed by atoms with van der Waals surface area (Å²) in [7, 11) is 0. The summed E-state index contributed by atoms with van der Waals surface area (Å²) in [5.74, 6) is 1.34. The van der Waals surface area contributed by atoms with E-state index in [1.54, 1.807) is 12.4 Å². The Morgan fingerprint density at radius 1 is 1.50 bits per heavy atom. The van der Waals surface area contributed by atoms with E-state index in [1.165, 1.54) is 12.8 Å². The summed E-state index contributed by atoms with van der Waals surface area (Å²) in [4.78, 5) is 11.8. The van der Waals surface area contributed by atoms with Crippen molar-refractivity contribution in [2.75, 3.05) is 0 Å². The number of aromatic nitrogens is 2. The highest BCUT2D eigenvalue weighted by molar-refractivity contribution is 5.93. The molecule has 0 radical (unpaired) electrons. The van der Waals surface area contributed by atoms with E-state index in [0.29, 0.717) is 17.5 Å². The van der Waals surface area contributed by atoms with Crippen LogP contribution in [0.4, 0.5) is 0 Å². The van der Waals surface area contributed by atoms with Crippen LogP contribution in [-0.2, 0) is 0 Å². The molecule has 1 heterocycles. The molecule has 1 amide bonds. The topological polar surface area (TPSA) is 57.8 Å². The van der Waals surface area contributed by atoms with Crippen LogP contribution in [-0.4, -0.2) is 22.1 Å². The Bertz CT molecular complexity index is 347. The molecule has 16 heavy (non-hydrogen) atoms. The van der Waals surface area contributed by atoms with Gasteiger partial charge in [0.15, 0.2) is 0 Å². The van der Waals surface area contributed by atoms with Crippen molar-refractivity contribution in [1.29, 1.82) is 0 Å². The van der Waals surface area contributed by atoms with Gasteiger partial charge in [-0.3, -0.25) is 9.89 Å². The number of rotatable bonds is 2. The smallest absolute Gasteiger partial charge is 0.254 e. The van der Waals surface area contributed by atoms with Gasteiger partial charge in [-0.2, -0.15) is 5.10 Å². The van der Waals surface area contributed by atoms with Gasteiger partial charge in [-0.15, -0.1) is 0 Å². The SMILES string of the molecule is CC1CCC(NC(=O)c2cn[nH]c2)C(C)C1. The van der Waals surface area contributed by atoms with E-state index in [0.717, 1.165) is 12.3 Å². The number of amides is 1. The lowest BCUT2D eigenvalue weighted by Gasteiger charge is -2.33. The number of aromatic amines is 1. The van der Waals surface area contributed by atoms with Gasteiger partial charge in [-0.1, -0.05) is 13.8 Å². The fourth-order valence-electron chi connectivity index (χ4n) is 2.51. The van der Waals surface area contributed by atoms with Crippen molar-refractivity contribution in [3.8, 4) is 0 Å². The van der Waals surface area contributed by atoms with Gasteiger partial charge in [0.25, 0.3) is 5.91 Å². The summed E-state index contributed by atoms with van der Waals surface area (Å²) in [6, 6.07) is 0.318. The average molecular weight is 221 g/mol. The van der Waals surface area contributed by atoms with Crippen molar-refractivity contribution < 1.29 is 4.79 Å². The molecule has 4 nitrogen and oxygen atoms in total. The largest absolute Gasteiger partial charge is 0.349 e. The zero-order chi connectivity index (χ0) is 11.5. The van der Waals surface area contributed by atoms with Crippen molar-refractivity contribution in [3.05, 3.63) is 18.0 Å². The Morgan fingerprint density at radius 3 is 2.94 bits per heavy atom. The van der Waals surface area contributed by atoms with Gasteiger partial charge in [0.05, 0.1) is 11.8 Å². The molecule has 0 saturated heterocycles. The van der Waals surface area contributed by atoms with Crippen LogP contribution < -0.4 is 5.32 Å². The van der Waals surface area contributed by atoms with E-state index in [2.05, 4.69) is 29.4 Å². The minimum absolute atomic E-state index is 0.0137. The van der Waals surface area contributed by atoms with E-state index in [9.17, 15) is 4.79 Å². The third-order valence-electron chi connectivity index (χ3n) is 3.51. The summed E-state index contributed by atoms with van der Waals surface area (Å²) in [5, 5.41) is 9.53. The highest BCUT2D eigenvalue weighted by atomic mass is 16.1.